The summed E-state index contributed by atoms with van der Waals surface area (Å²) in [5.41, 5.74) is 6.14. The fraction of sp³-hybridized carbons (Fsp3) is 0.538. The molecule has 0 amide bonds. The maximum Gasteiger partial charge on any atom is 0.246 e. The highest BCUT2D eigenvalue weighted by Crippen LogP contribution is 2.30. The molecule has 1 aromatic rings. The van der Waals surface area contributed by atoms with Gasteiger partial charge in [-0.2, -0.15) is 4.31 Å². The van der Waals surface area contributed by atoms with Crippen LogP contribution in [0.2, 0.25) is 0 Å². The van der Waals surface area contributed by atoms with Crippen LogP contribution in [0, 0.1) is 0 Å². The molecule has 106 valence electrons. The molecule has 1 saturated heterocycles. The average molecular weight is 284 g/mol. The highest BCUT2D eigenvalue weighted by molar-refractivity contribution is 7.89. The van der Waals surface area contributed by atoms with Gasteiger partial charge in [0.05, 0.1) is 6.61 Å². The van der Waals surface area contributed by atoms with Gasteiger partial charge in [-0.05, 0) is 38.0 Å². The van der Waals surface area contributed by atoms with Crippen LogP contribution >= 0.6 is 0 Å². The number of benzene rings is 1. The van der Waals surface area contributed by atoms with E-state index in [2.05, 4.69) is 0 Å². The SMILES string of the molecule is CCOc1ccc(N)cc1S(=O)(=O)N1CCCCC1. The van der Waals surface area contributed by atoms with E-state index >= 15 is 0 Å². The average Bonchev–Trinajstić information content (AvgIpc) is 2.42. The molecule has 2 N–H and O–H groups in total. The predicted octanol–water partition coefficient (Wildman–Crippen LogP) is 1.84. The summed E-state index contributed by atoms with van der Waals surface area (Å²) < 4.78 is 32.2. The van der Waals surface area contributed by atoms with E-state index in [1.165, 1.54) is 10.4 Å². The van der Waals surface area contributed by atoms with Gasteiger partial charge < -0.3 is 10.5 Å². The van der Waals surface area contributed by atoms with Crippen molar-refractivity contribution in [2.24, 2.45) is 0 Å². The van der Waals surface area contributed by atoms with Crippen LogP contribution in [0.25, 0.3) is 0 Å². The Morgan fingerprint density at radius 3 is 2.58 bits per heavy atom. The van der Waals surface area contributed by atoms with E-state index in [9.17, 15) is 8.42 Å². The number of piperidine rings is 1. The van der Waals surface area contributed by atoms with Crippen molar-refractivity contribution in [1.29, 1.82) is 0 Å². The third-order valence-corrected chi connectivity index (χ3v) is 5.12. The van der Waals surface area contributed by atoms with E-state index < -0.39 is 10.0 Å². The van der Waals surface area contributed by atoms with Crippen LogP contribution in [0.15, 0.2) is 23.1 Å². The fourth-order valence-electron chi connectivity index (χ4n) is 2.25. The number of anilines is 1. The molecule has 1 heterocycles. The topological polar surface area (TPSA) is 72.6 Å². The minimum absolute atomic E-state index is 0.177. The van der Waals surface area contributed by atoms with E-state index in [4.69, 9.17) is 10.5 Å². The summed E-state index contributed by atoms with van der Waals surface area (Å²) in [7, 11) is -3.51. The summed E-state index contributed by atoms with van der Waals surface area (Å²) in [6.07, 6.45) is 2.90. The number of nitrogen functional groups attached to an aromatic ring is 1. The molecular formula is C13H20N2O3S. The molecule has 1 aliphatic rings. The molecular weight excluding hydrogens is 264 g/mol. The van der Waals surface area contributed by atoms with Gasteiger partial charge in [0, 0.05) is 18.8 Å². The third-order valence-electron chi connectivity index (χ3n) is 3.20. The van der Waals surface area contributed by atoms with Crippen molar-refractivity contribution in [3.8, 4) is 5.75 Å². The van der Waals surface area contributed by atoms with Crippen LogP contribution in [0.4, 0.5) is 5.69 Å². The Kier molecular flexibility index (Phi) is 4.31. The van der Waals surface area contributed by atoms with Gasteiger partial charge in [-0.3, -0.25) is 0 Å². The van der Waals surface area contributed by atoms with E-state index in [1.807, 2.05) is 6.92 Å². The molecule has 5 nitrogen and oxygen atoms in total. The monoisotopic (exact) mass is 284 g/mol. The quantitative estimate of drug-likeness (QED) is 0.856. The Balaban J connectivity index is 2.40. The normalized spacial score (nSPS) is 17.3. The molecule has 1 aromatic carbocycles. The first-order valence-electron chi connectivity index (χ1n) is 6.58. The molecule has 1 fully saturated rings. The second-order valence-corrected chi connectivity index (χ2v) is 6.51. The summed E-state index contributed by atoms with van der Waals surface area (Å²) in [6, 6.07) is 4.75. The summed E-state index contributed by atoms with van der Waals surface area (Å²) in [6.45, 7) is 3.39. The first-order valence-corrected chi connectivity index (χ1v) is 8.02. The van der Waals surface area contributed by atoms with Crippen molar-refractivity contribution >= 4 is 15.7 Å². The van der Waals surface area contributed by atoms with Gasteiger partial charge in [0.15, 0.2) is 0 Å². The van der Waals surface area contributed by atoms with Crippen molar-refractivity contribution in [3.63, 3.8) is 0 Å². The van der Waals surface area contributed by atoms with Gasteiger partial charge in [0.1, 0.15) is 10.6 Å². The zero-order valence-corrected chi connectivity index (χ0v) is 11.9. The predicted molar refractivity (Wildman–Crippen MR) is 74.6 cm³/mol. The molecule has 0 atom stereocenters. The first-order chi connectivity index (χ1) is 9.05. The van der Waals surface area contributed by atoms with Crippen molar-refractivity contribution < 1.29 is 13.2 Å². The molecule has 1 aliphatic heterocycles. The highest BCUT2D eigenvalue weighted by atomic mass is 32.2. The van der Waals surface area contributed by atoms with E-state index in [1.54, 1.807) is 12.1 Å². The molecule has 0 aliphatic carbocycles. The van der Waals surface area contributed by atoms with Crippen molar-refractivity contribution in [1.82, 2.24) is 4.31 Å². The van der Waals surface area contributed by atoms with Crippen LogP contribution in [0.5, 0.6) is 5.75 Å². The van der Waals surface area contributed by atoms with Gasteiger partial charge in [-0.1, -0.05) is 6.42 Å². The molecule has 0 radical (unpaired) electrons. The molecule has 0 bridgehead atoms. The van der Waals surface area contributed by atoms with Crippen LogP contribution in [0.1, 0.15) is 26.2 Å². The largest absolute Gasteiger partial charge is 0.492 e. The lowest BCUT2D eigenvalue weighted by Crippen LogP contribution is -2.35. The highest BCUT2D eigenvalue weighted by Gasteiger charge is 2.29. The molecule has 0 aromatic heterocycles. The Morgan fingerprint density at radius 2 is 1.95 bits per heavy atom. The Bertz CT molecular complexity index is 537. The Morgan fingerprint density at radius 1 is 1.26 bits per heavy atom. The lowest BCUT2D eigenvalue weighted by molar-refractivity contribution is 0.323. The minimum atomic E-state index is -3.51. The van der Waals surface area contributed by atoms with E-state index in [-0.39, 0.29) is 4.90 Å². The number of sulfonamides is 1. The van der Waals surface area contributed by atoms with Gasteiger partial charge in [0.25, 0.3) is 0 Å². The third kappa shape index (κ3) is 3.01. The maximum absolute atomic E-state index is 12.6. The van der Waals surface area contributed by atoms with Gasteiger partial charge in [-0.25, -0.2) is 8.42 Å². The number of rotatable bonds is 4. The number of nitrogens with two attached hydrogens (primary N) is 1. The lowest BCUT2D eigenvalue weighted by atomic mass is 10.2. The second-order valence-electron chi connectivity index (χ2n) is 4.60. The number of ether oxygens (including phenoxy) is 1. The van der Waals surface area contributed by atoms with E-state index in [0.29, 0.717) is 31.1 Å². The molecule has 2 rings (SSSR count). The maximum atomic E-state index is 12.6. The summed E-state index contributed by atoms with van der Waals surface area (Å²) in [4.78, 5) is 0.177. The summed E-state index contributed by atoms with van der Waals surface area (Å²) in [5.74, 6) is 0.377. The zero-order chi connectivity index (χ0) is 13.9. The van der Waals surface area contributed by atoms with Crippen LogP contribution in [0.3, 0.4) is 0 Å². The molecule has 0 saturated carbocycles. The molecule has 0 spiro atoms. The fourth-order valence-corrected chi connectivity index (χ4v) is 3.93. The first kappa shape index (κ1) is 14.1. The Hall–Kier alpha value is -1.27. The number of hydrogen-bond acceptors (Lipinski definition) is 4. The van der Waals surface area contributed by atoms with Gasteiger partial charge in [-0.15, -0.1) is 0 Å². The van der Waals surface area contributed by atoms with E-state index in [0.717, 1.165) is 19.3 Å². The van der Waals surface area contributed by atoms with Crippen LogP contribution < -0.4 is 10.5 Å². The molecule has 0 unspecified atom stereocenters. The lowest BCUT2D eigenvalue weighted by Gasteiger charge is -2.26. The van der Waals surface area contributed by atoms with Crippen LogP contribution in [-0.4, -0.2) is 32.4 Å². The number of nitrogens with zero attached hydrogens (tertiary/aromatic N) is 1. The van der Waals surface area contributed by atoms with Crippen molar-refractivity contribution in [2.75, 3.05) is 25.4 Å². The van der Waals surface area contributed by atoms with Gasteiger partial charge >= 0.3 is 0 Å². The summed E-state index contributed by atoms with van der Waals surface area (Å²) in [5, 5.41) is 0. The van der Waals surface area contributed by atoms with Crippen LogP contribution in [-0.2, 0) is 10.0 Å². The smallest absolute Gasteiger partial charge is 0.246 e. The van der Waals surface area contributed by atoms with Gasteiger partial charge in [0.2, 0.25) is 10.0 Å². The van der Waals surface area contributed by atoms with Crippen molar-refractivity contribution in [3.05, 3.63) is 18.2 Å². The minimum Gasteiger partial charge on any atom is -0.492 e. The standard InChI is InChI=1S/C13H20N2O3S/c1-2-18-12-7-6-11(14)10-13(12)19(16,17)15-8-4-3-5-9-15/h6-7,10H,2-5,8-9,14H2,1H3. The second kappa shape index (κ2) is 5.79. The number of hydrogen-bond donors (Lipinski definition) is 1. The molecule has 19 heavy (non-hydrogen) atoms. The zero-order valence-electron chi connectivity index (χ0n) is 11.1. The molecule has 6 heteroatoms. The Labute approximate surface area is 114 Å². The summed E-state index contributed by atoms with van der Waals surface area (Å²) >= 11 is 0. The van der Waals surface area contributed by atoms with Crippen molar-refractivity contribution in [2.45, 2.75) is 31.1 Å².